The molecule has 2 heterocycles. The van der Waals surface area contributed by atoms with Gasteiger partial charge in [-0.15, -0.1) is 0 Å². The van der Waals surface area contributed by atoms with Crippen LogP contribution in [-0.2, 0) is 22.4 Å². The molecule has 7 nitrogen and oxygen atoms in total. The van der Waals surface area contributed by atoms with Crippen LogP contribution in [0.5, 0.6) is 5.75 Å². The van der Waals surface area contributed by atoms with Crippen molar-refractivity contribution in [1.29, 1.82) is 0 Å². The van der Waals surface area contributed by atoms with E-state index in [1.54, 1.807) is 24.3 Å². The first kappa shape index (κ1) is 22.2. The van der Waals surface area contributed by atoms with E-state index in [0.29, 0.717) is 48.6 Å². The summed E-state index contributed by atoms with van der Waals surface area (Å²) in [6.45, 7) is 1.02. The number of carbonyl (C=O) groups is 2. The molecule has 160 valence electrons. The maximum absolute atomic E-state index is 12.8. The quantitative estimate of drug-likeness (QED) is 0.591. The monoisotopic (exact) mass is 432 g/mol. The summed E-state index contributed by atoms with van der Waals surface area (Å²) in [5.74, 6) is -0.438. The fourth-order valence-corrected chi connectivity index (χ4v) is 3.82. The van der Waals surface area contributed by atoms with Gasteiger partial charge in [0.05, 0.1) is 0 Å². The van der Waals surface area contributed by atoms with Crippen LogP contribution >= 0.6 is 11.6 Å². The number of hydrogen-bond acceptors (Lipinski definition) is 6. The first-order chi connectivity index (χ1) is 14.4. The standard InChI is InChI=1S/C22H25ClN2O5/c23-17-1-2-20(28)16(13-17)14-18(27)11-15-3-7-24-19(12-15)21(29)25-22(4-8-26)5-9-30-10-6-22/h1-3,7,12-13,26,28H,4-6,8-11,14H2,(H,25,29). The average Bonchev–Trinajstić information content (AvgIpc) is 2.71. The Hall–Kier alpha value is -2.48. The summed E-state index contributed by atoms with van der Waals surface area (Å²) in [5, 5.41) is 22.7. The summed E-state index contributed by atoms with van der Waals surface area (Å²) >= 11 is 5.93. The van der Waals surface area contributed by atoms with Crippen molar-refractivity contribution in [3.63, 3.8) is 0 Å². The molecule has 0 saturated carbocycles. The molecular weight excluding hydrogens is 408 g/mol. The van der Waals surface area contributed by atoms with Crippen LogP contribution in [0, 0.1) is 0 Å². The summed E-state index contributed by atoms with van der Waals surface area (Å²) in [6.07, 6.45) is 3.34. The van der Waals surface area contributed by atoms with E-state index in [9.17, 15) is 19.8 Å². The first-order valence-electron chi connectivity index (χ1n) is 9.86. The lowest BCUT2D eigenvalue weighted by atomic mass is 9.86. The van der Waals surface area contributed by atoms with Crippen LogP contribution in [0.2, 0.25) is 5.02 Å². The van der Waals surface area contributed by atoms with Crippen molar-refractivity contribution in [2.45, 2.75) is 37.6 Å². The normalized spacial score (nSPS) is 15.5. The highest BCUT2D eigenvalue weighted by molar-refractivity contribution is 6.30. The average molecular weight is 433 g/mol. The molecule has 0 spiro atoms. The van der Waals surface area contributed by atoms with E-state index in [0.717, 1.165) is 0 Å². The second-order valence-corrected chi connectivity index (χ2v) is 7.97. The van der Waals surface area contributed by atoms with Gasteiger partial charge in [0.15, 0.2) is 0 Å². The molecule has 3 rings (SSSR count). The van der Waals surface area contributed by atoms with Gasteiger partial charge in [-0.05, 0) is 55.2 Å². The zero-order valence-corrected chi connectivity index (χ0v) is 17.3. The van der Waals surface area contributed by atoms with Crippen molar-refractivity contribution in [3.05, 3.63) is 58.4 Å². The van der Waals surface area contributed by atoms with E-state index >= 15 is 0 Å². The number of nitrogens with one attached hydrogen (secondary N) is 1. The Morgan fingerprint density at radius 2 is 1.93 bits per heavy atom. The number of benzene rings is 1. The number of aromatic nitrogens is 1. The number of carbonyl (C=O) groups excluding carboxylic acids is 2. The highest BCUT2D eigenvalue weighted by Gasteiger charge is 2.34. The summed E-state index contributed by atoms with van der Waals surface area (Å²) in [5.41, 5.74) is 0.825. The van der Waals surface area contributed by atoms with Crippen molar-refractivity contribution >= 4 is 23.3 Å². The Kier molecular flexibility index (Phi) is 7.42. The van der Waals surface area contributed by atoms with Crippen LogP contribution < -0.4 is 5.32 Å². The van der Waals surface area contributed by atoms with E-state index in [1.165, 1.54) is 12.3 Å². The number of aromatic hydroxyl groups is 1. The molecular formula is C22H25ClN2O5. The zero-order valence-electron chi connectivity index (χ0n) is 16.6. The van der Waals surface area contributed by atoms with Crippen LogP contribution in [0.1, 0.15) is 40.9 Å². The van der Waals surface area contributed by atoms with Gasteiger partial charge in [0.25, 0.3) is 5.91 Å². The maximum Gasteiger partial charge on any atom is 0.270 e. The number of phenolic OH excluding ortho intramolecular Hbond substituents is 1. The number of Topliss-reactive ketones (excluding diaryl/α,β-unsaturated/α-hetero) is 1. The number of ether oxygens (including phenoxy) is 1. The number of rotatable bonds is 8. The number of aliphatic hydroxyl groups is 1. The minimum absolute atomic E-state index is 0.0215. The van der Waals surface area contributed by atoms with Gasteiger partial charge in [-0.2, -0.15) is 0 Å². The Bertz CT molecular complexity index is 907. The van der Waals surface area contributed by atoms with Crippen molar-refractivity contribution in [3.8, 4) is 5.75 Å². The lowest BCUT2D eigenvalue weighted by molar-refractivity contribution is -0.117. The largest absolute Gasteiger partial charge is 0.508 e. The molecule has 1 aromatic carbocycles. The van der Waals surface area contributed by atoms with Crippen molar-refractivity contribution in [1.82, 2.24) is 10.3 Å². The van der Waals surface area contributed by atoms with E-state index in [2.05, 4.69) is 10.3 Å². The fraction of sp³-hybridized carbons (Fsp3) is 0.409. The number of aliphatic hydroxyl groups excluding tert-OH is 1. The lowest BCUT2D eigenvalue weighted by Crippen LogP contribution is -2.52. The van der Waals surface area contributed by atoms with Crippen LogP contribution in [-0.4, -0.2) is 52.2 Å². The maximum atomic E-state index is 12.8. The summed E-state index contributed by atoms with van der Waals surface area (Å²) in [7, 11) is 0. The van der Waals surface area contributed by atoms with Gasteiger partial charge < -0.3 is 20.3 Å². The predicted octanol–water partition coefficient (Wildman–Crippen LogP) is 2.46. The summed E-state index contributed by atoms with van der Waals surface area (Å²) in [4.78, 5) is 29.4. The Morgan fingerprint density at radius 1 is 1.17 bits per heavy atom. The molecule has 1 saturated heterocycles. The van der Waals surface area contributed by atoms with E-state index in [-0.39, 0.29) is 42.6 Å². The highest BCUT2D eigenvalue weighted by atomic mass is 35.5. The molecule has 2 aromatic rings. The molecule has 1 amide bonds. The predicted molar refractivity (Wildman–Crippen MR) is 112 cm³/mol. The molecule has 30 heavy (non-hydrogen) atoms. The Balaban J connectivity index is 1.67. The Labute approximate surface area is 180 Å². The van der Waals surface area contributed by atoms with Crippen molar-refractivity contribution in [2.75, 3.05) is 19.8 Å². The number of nitrogens with zero attached hydrogens (tertiary/aromatic N) is 1. The Morgan fingerprint density at radius 3 is 2.67 bits per heavy atom. The number of ketones is 1. The lowest BCUT2D eigenvalue weighted by Gasteiger charge is -2.37. The minimum Gasteiger partial charge on any atom is -0.508 e. The van der Waals surface area contributed by atoms with Crippen molar-refractivity contribution < 1.29 is 24.5 Å². The topological polar surface area (TPSA) is 109 Å². The van der Waals surface area contributed by atoms with Gasteiger partial charge in [-0.1, -0.05) is 11.6 Å². The summed E-state index contributed by atoms with van der Waals surface area (Å²) in [6, 6.07) is 7.86. The zero-order chi connectivity index (χ0) is 21.6. The van der Waals surface area contributed by atoms with Gasteiger partial charge in [-0.3, -0.25) is 14.6 Å². The summed E-state index contributed by atoms with van der Waals surface area (Å²) < 4.78 is 5.37. The second kappa shape index (κ2) is 10.0. The molecule has 0 radical (unpaired) electrons. The molecule has 3 N–H and O–H groups in total. The number of hydrogen-bond donors (Lipinski definition) is 3. The fourth-order valence-electron chi connectivity index (χ4n) is 3.63. The molecule has 1 fully saturated rings. The number of pyridine rings is 1. The minimum atomic E-state index is -0.512. The second-order valence-electron chi connectivity index (χ2n) is 7.54. The molecule has 1 aliphatic heterocycles. The van der Waals surface area contributed by atoms with Gasteiger partial charge in [-0.25, -0.2) is 0 Å². The smallest absolute Gasteiger partial charge is 0.270 e. The van der Waals surface area contributed by atoms with Gasteiger partial charge in [0, 0.05) is 55.0 Å². The number of phenols is 1. The SMILES string of the molecule is O=C(Cc1ccnc(C(=O)NC2(CCO)CCOCC2)c1)Cc1cc(Cl)ccc1O. The molecule has 0 aliphatic carbocycles. The van der Waals surface area contributed by atoms with Crippen molar-refractivity contribution in [2.24, 2.45) is 0 Å². The molecule has 8 heteroatoms. The third-order valence-corrected chi connectivity index (χ3v) is 5.54. The van der Waals surface area contributed by atoms with E-state index in [1.807, 2.05) is 0 Å². The number of amides is 1. The molecule has 1 aromatic heterocycles. The molecule has 0 bridgehead atoms. The van der Waals surface area contributed by atoms with Crippen LogP contribution in [0.4, 0.5) is 0 Å². The first-order valence-corrected chi connectivity index (χ1v) is 10.2. The third-order valence-electron chi connectivity index (χ3n) is 5.31. The van der Waals surface area contributed by atoms with Gasteiger partial charge >= 0.3 is 0 Å². The highest BCUT2D eigenvalue weighted by Crippen LogP contribution is 2.25. The van der Waals surface area contributed by atoms with E-state index < -0.39 is 5.54 Å². The molecule has 0 unspecified atom stereocenters. The molecule has 1 aliphatic rings. The third kappa shape index (κ3) is 5.78. The van der Waals surface area contributed by atoms with Crippen LogP contribution in [0.15, 0.2) is 36.5 Å². The van der Waals surface area contributed by atoms with Gasteiger partial charge in [0.2, 0.25) is 0 Å². The molecule has 0 atom stereocenters. The van der Waals surface area contributed by atoms with Gasteiger partial charge in [0.1, 0.15) is 17.2 Å². The number of halogens is 1. The van der Waals surface area contributed by atoms with E-state index in [4.69, 9.17) is 16.3 Å². The van der Waals surface area contributed by atoms with Crippen LogP contribution in [0.25, 0.3) is 0 Å². The van der Waals surface area contributed by atoms with Crippen LogP contribution in [0.3, 0.4) is 0 Å².